The van der Waals surface area contributed by atoms with E-state index in [0.717, 1.165) is 19.4 Å². The van der Waals surface area contributed by atoms with E-state index < -0.39 is 5.41 Å². The Morgan fingerprint density at radius 2 is 2.00 bits per heavy atom. The predicted octanol–water partition coefficient (Wildman–Crippen LogP) is 1.94. The van der Waals surface area contributed by atoms with Gasteiger partial charge in [0.25, 0.3) is 0 Å². The first kappa shape index (κ1) is 14.8. The zero-order valence-electron chi connectivity index (χ0n) is 11.9. The van der Waals surface area contributed by atoms with Gasteiger partial charge in [-0.2, -0.15) is 0 Å². The Kier molecular flexibility index (Phi) is 4.24. The minimum atomic E-state index is -0.865. The normalized spacial score (nSPS) is 20.2. The summed E-state index contributed by atoms with van der Waals surface area (Å²) in [6.07, 6.45) is 3.10. The topological polar surface area (TPSA) is 78.9 Å². The van der Waals surface area contributed by atoms with Gasteiger partial charge in [0.15, 0.2) is 5.84 Å². The maximum Gasteiger partial charge on any atom is 0.236 e. The van der Waals surface area contributed by atoms with E-state index in [-0.39, 0.29) is 17.3 Å². The first-order valence-corrected chi connectivity index (χ1v) is 6.65. The van der Waals surface area contributed by atoms with Gasteiger partial charge in [-0.15, -0.1) is 0 Å². The minimum Gasteiger partial charge on any atom is -0.409 e. The molecule has 104 valence electrons. The number of nitrogens with zero attached hydrogens (tertiary/aromatic N) is 2. The van der Waals surface area contributed by atoms with Crippen LogP contribution in [0.1, 0.15) is 53.4 Å². The molecule has 0 saturated carbocycles. The molecule has 3 N–H and O–H groups in total. The molecule has 5 heteroatoms. The van der Waals surface area contributed by atoms with E-state index in [0.29, 0.717) is 12.8 Å². The second-order valence-corrected chi connectivity index (χ2v) is 5.65. The summed E-state index contributed by atoms with van der Waals surface area (Å²) in [5.74, 6) is 0.0190. The number of rotatable bonds is 4. The van der Waals surface area contributed by atoms with Gasteiger partial charge in [-0.1, -0.05) is 19.0 Å². The smallest absolute Gasteiger partial charge is 0.236 e. The van der Waals surface area contributed by atoms with E-state index in [1.165, 1.54) is 0 Å². The number of oxime groups is 1. The van der Waals surface area contributed by atoms with Crippen molar-refractivity contribution in [1.82, 2.24) is 4.90 Å². The van der Waals surface area contributed by atoms with Crippen LogP contribution >= 0.6 is 0 Å². The first-order valence-electron chi connectivity index (χ1n) is 6.65. The summed E-state index contributed by atoms with van der Waals surface area (Å²) in [5, 5.41) is 12.0. The van der Waals surface area contributed by atoms with Gasteiger partial charge in [0, 0.05) is 12.1 Å². The highest BCUT2D eigenvalue weighted by Gasteiger charge is 2.47. The average Bonchev–Trinajstić information content (AvgIpc) is 2.70. The fraction of sp³-hybridized carbons (Fsp3) is 0.846. The molecule has 1 heterocycles. The van der Waals surface area contributed by atoms with Crippen LogP contribution in [0.3, 0.4) is 0 Å². The molecule has 1 rings (SSSR count). The third-order valence-electron chi connectivity index (χ3n) is 4.36. The van der Waals surface area contributed by atoms with E-state index in [4.69, 9.17) is 10.9 Å². The minimum absolute atomic E-state index is 0.00898. The lowest BCUT2D eigenvalue weighted by Crippen LogP contribution is -2.54. The lowest BCUT2D eigenvalue weighted by atomic mass is 9.79. The molecule has 1 amide bonds. The maximum atomic E-state index is 12.8. The highest BCUT2D eigenvalue weighted by Crippen LogP contribution is 2.36. The van der Waals surface area contributed by atoms with Crippen molar-refractivity contribution in [3.8, 4) is 0 Å². The average molecular weight is 255 g/mol. The lowest BCUT2D eigenvalue weighted by molar-refractivity contribution is -0.142. The molecule has 0 aliphatic carbocycles. The molecule has 0 radical (unpaired) electrons. The number of nitrogens with two attached hydrogens (primary N) is 1. The molecule has 1 aliphatic rings. The highest BCUT2D eigenvalue weighted by atomic mass is 16.4. The Morgan fingerprint density at radius 3 is 2.33 bits per heavy atom. The van der Waals surface area contributed by atoms with E-state index in [1.54, 1.807) is 0 Å². The fourth-order valence-corrected chi connectivity index (χ4v) is 2.86. The second kappa shape index (κ2) is 5.16. The molecule has 0 aromatic rings. The molecule has 0 atom stereocenters. The quantitative estimate of drug-likeness (QED) is 0.349. The van der Waals surface area contributed by atoms with E-state index in [2.05, 4.69) is 19.0 Å². The maximum absolute atomic E-state index is 12.8. The van der Waals surface area contributed by atoms with Crippen LogP contribution in [0.5, 0.6) is 0 Å². The van der Waals surface area contributed by atoms with Gasteiger partial charge in [-0.05, 0) is 39.5 Å². The van der Waals surface area contributed by atoms with Crippen molar-refractivity contribution in [1.29, 1.82) is 0 Å². The van der Waals surface area contributed by atoms with E-state index in [9.17, 15) is 4.79 Å². The highest BCUT2D eigenvalue weighted by molar-refractivity contribution is 6.06. The second-order valence-electron chi connectivity index (χ2n) is 5.65. The van der Waals surface area contributed by atoms with Crippen molar-refractivity contribution in [3.63, 3.8) is 0 Å². The number of hydrogen-bond donors (Lipinski definition) is 2. The predicted molar refractivity (Wildman–Crippen MR) is 71.4 cm³/mol. The van der Waals surface area contributed by atoms with Gasteiger partial charge in [0.2, 0.25) is 5.91 Å². The van der Waals surface area contributed by atoms with Crippen molar-refractivity contribution in [2.24, 2.45) is 16.3 Å². The third-order valence-corrected chi connectivity index (χ3v) is 4.36. The van der Waals surface area contributed by atoms with Crippen LogP contribution in [0.4, 0.5) is 0 Å². The van der Waals surface area contributed by atoms with Crippen molar-refractivity contribution < 1.29 is 10.0 Å². The zero-order chi connectivity index (χ0) is 14.0. The number of likely N-dealkylation sites (tertiary alicyclic amines) is 1. The summed E-state index contributed by atoms with van der Waals surface area (Å²) in [7, 11) is 0. The Labute approximate surface area is 109 Å². The molecule has 0 aromatic heterocycles. The van der Waals surface area contributed by atoms with Crippen LogP contribution in [-0.2, 0) is 4.79 Å². The summed E-state index contributed by atoms with van der Waals surface area (Å²) < 4.78 is 0. The molecule has 0 unspecified atom stereocenters. The molecule has 1 aliphatic heterocycles. The number of hydrogen-bond acceptors (Lipinski definition) is 3. The zero-order valence-corrected chi connectivity index (χ0v) is 11.9. The number of amidine groups is 1. The number of amides is 1. The summed E-state index contributed by atoms with van der Waals surface area (Å²) >= 11 is 0. The Bertz CT molecular complexity index is 346. The van der Waals surface area contributed by atoms with Crippen molar-refractivity contribution in [3.05, 3.63) is 0 Å². The van der Waals surface area contributed by atoms with E-state index in [1.807, 2.05) is 18.7 Å². The SMILES string of the molecule is CCC(CC)(C(=O)N1CCCC1(C)C)C(N)=NO. The molecule has 0 spiro atoms. The Morgan fingerprint density at radius 1 is 1.44 bits per heavy atom. The summed E-state index contributed by atoms with van der Waals surface area (Å²) in [4.78, 5) is 14.7. The lowest BCUT2D eigenvalue weighted by Gasteiger charge is -2.39. The van der Waals surface area contributed by atoms with Crippen LogP contribution in [0.2, 0.25) is 0 Å². The van der Waals surface area contributed by atoms with Gasteiger partial charge in [0.1, 0.15) is 5.41 Å². The van der Waals surface area contributed by atoms with Gasteiger partial charge < -0.3 is 15.8 Å². The molecule has 1 fully saturated rings. The molecule has 0 aromatic carbocycles. The Balaban J connectivity index is 3.12. The molecule has 1 saturated heterocycles. The van der Waals surface area contributed by atoms with Crippen LogP contribution in [0.15, 0.2) is 5.16 Å². The van der Waals surface area contributed by atoms with Crippen molar-refractivity contribution in [2.45, 2.75) is 58.9 Å². The van der Waals surface area contributed by atoms with Crippen LogP contribution in [-0.4, -0.2) is 33.9 Å². The van der Waals surface area contributed by atoms with Crippen LogP contribution in [0, 0.1) is 5.41 Å². The molecule has 0 bridgehead atoms. The summed E-state index contributed by atoms with van der Waals surface area (Å²) in [6.45, 7) is 8.71. The number of carbonyl (C=O) groups is 1. The first-order chi connectivity index (χ1) is 8.35. The van der Waals surface area contributed by atoms with Gasteiger partial charge in [0.05, 0.1) is 0 Å². The van der Waals surface area contributed by atoms with Crippen molar-refractivity contribution >= 4 is 11.7 Å². The molecule has 5 nitrogen and oxygen atoms in total. The molecular formula is C13H25N3O2. The number of carbonyl (C=O) groups excluding carboxylic acids is 1. The summed E-state index contributed by atoms with van der Waals surface area (Å²) in [5.41, 5.74) is 4.78. The van der Waals surface area contributed by atoms with Crippen molar-refractivity contribution in [2.75, 3.05) is 6.54 Å². The van der Waals surface area contributed by atoms with Crippen LogP contribution in [0.25, 0.3) is 0 Å². The van der Waals surface area contributed by atoms with Crippen LogP contribution < -0.4 is 5.73 Å². The van der Waals surface area contributed by atoms with E-state index >= 15 is 0 Å². The standard InChI is InChI=1S/C13H25N3O2/c1-5-13(6-2,10(14)15-18)11(17)16-9-7-8-12(16,3)4/h18H,5-9H2,1-4H3,(H2,14,15). The van der Waals surface area contributed by atoms with Gasteiger partial charge in [-0.25, -0.2) is 0 Å². The largest absolute Gasteiger partial charge is 0.409 e. The fourth-order valence-electron chi connectivity index (χ4n) is 2.86. The molecule has 18 heavy (non-hydrogen) atoms. The molecular weight excluding hydrogens is 230 g/mol. The van der Waals surface area contributed by atoms with Gasteiger partial charge in [-0.3, -0.25) is 4.79 Å². The van der Waals surface area contributed by atoms with Gasteiger partial charge >= 0.3 is 0 Å². The summed E-state index contributed by atoms with van der Waals surface area (Å²) in [6, 6.07) is 0. The third kappa shape index (κ3) is 2.18. The Hall–Kier alpha value is -1.26. The monoisotopic (exact) mass is 255 g/mol.